The number of primary amides is 1. The third-order valence-corrected chi connectivity index (χ3v) is 6.99. The molecule has 2 amide bonds. The molecule has 0 aliphatic carbocycles. The van der Waals surface area contributed by atoms with Gasteiger partial charge in [0.15, 0.2) is 0 Å². The number of piperazine rings is 1. The van der Waals surface area contributed by atoms with Crippen LogP contribution >= 0.6 is 0 Å². The zero-order valence-corrected chi connectivity index (χ0v) is 22.9. The number of para-hydroxylation sites is 1. The van der Waals surface area contributed by atoms with Crippen LogP contribution in [0.3, 0.4) is 0 Å². The van der Waals surface area contributed by atoms with Crippen LogP contribution in [0.1, 0.15) is 17.3 Å². The predicted molar refractivity (Wildman–Crippen MR) is 162 cm³/mol. The molecule has 1 fully saturated rings. The molecule has 210 valence electrons. The summed E-state index contributed by atoms with van der Waals surface area (Å²) in [5, 5.41) is 16.6. The highest BCUT2D eigenvalue weighted by molar-refractivity contribution is 6.01. The highest BCUT2D eigenvalue weighted by Gasteiger charge is 2.22. The van der Waals surface area contributed by atoms with E-state index in [-0.39, 0.29) is 12.0 Å². The molecule has 3 aromatic carbocycles. The lowest BCUT2D eigenvalue weighted by atomic mass is 10.0. The normalized spacial score (nSPS) is 14.4. The van der Waals surface area contributed by atoms with Crippen molar-refractivity contribution < 1.29 is 14.7 Å². The van der Waals surface area contributed by atoms with Crippen LogP contribution in [0.2, 0.25) is 0 Å². The smallest absolute Gasteiger partial charge is 0.250 e. The summed E-state index contributed by atoms with van der Waals surface area (Å²) >= 11 is 0. The van der Waals surface area contributed by atoms with Crippen LogP contribution in [0.4, 0.5) is 23.0 Å². The number of aliphatic hydroxyl groups is 1. The Kier molecular flexibility index (Phi) is 8.23. The molecule has 1 unspecified atom stereocenters. The van der Waals surface area contributed by atoms with E-state index in [1.165, 1.54) is 6.08 Å². The minimum Gasteiger partial charge on any atom is -0.392 e. The largest absolute Gasteiger partial charge is 0.392 e. The number of fused-ring (bicyclic) bond motifs is 1. The topological polar surface area (TPSA) is 137 Å². The van der Waals surface area contributed by atoms with Crippen molar-refractivity contribution >= 4 is 45.7 Å². The van der Waals surface area contributed by atoms with Gasteiger partial charge in [0.2, 0.25) is 11.9 Å². The molecule has 0 radical (unpaired) electrons. The van der Waals surface area contributed by atoms with E-state index in [4.69, 9.17) is 10.7 Å². The Hall–Kier alpha value is -4.80. The molecular weight excluding hydrogens is 518 g/mol. The minimum atomic E-state index is -0.514. The van der Waals surface area contributed by atoms with E-state index < -0.39 is 5.91 Å². The Bertz CT molecular complexity index is 1600. The third-order valence-electron chi connectivity index (χ3n) is 6.99. The van der Waals surface area contributed by atoms with Gasteiger partial charge in [-0.05, 0) is 48.9 Å². The van der Waals surface area contributed by atoms with Gasteiger partial charge in [0, 0.05) is 66.9 Å². The molecule has 4 aromatic rings. The highest BCUT2D eigenvalue weighted by atomic mass is 16.3. The number of amides is 2. The number of hydrogen-bond acceptors (Lipinski definition) is 8. The molecular formula is C31H33N7O3. The zero-order chi connectivity index (χ0) is 28.9. The second-order valence-electron chi connectivity index (χ2n) is 10.1. The maximum absolute atomic E-state index is 12.4. The number of rotatable bonds is 9. The maximum Gasteiger partial charge on any atom is 0.250 e. The van der Waals surface area contributed by atoms with Gasteiger partial charge >= 0.3 is 0 Å². The SMILES string of the molecule is C=CC(=O)Nc1cccc(-c2cccc3cnc(Nc4ccc(N5CCN(CC(C)O)CC5)c(C(N)=O)c4)nc23)c1. The molecule has 1 aliphatic rings. The maximum atomic E-state index is 12.4. The number of benzene rings is 3. The molecule has 1 saturated heterocycles. The highest BCUT2D eigenvalue weighted by Crippen LogP contribution is 2.31. The number of β-amino-alcohol motifs (C(OH)–C–C–N with tert-alkyl or cyclic N) is 1. The first-order valence-electron chi connectivity index (χ1n) is 13.5. The van der Waals surface area contributed by atoms with Crippen LogP contribution < -0.4 is 21.3 Å². The summed E-state index contributed by atoms with van der Waals surface area (Å²) in [5.41, 5.74) is 10.8. The Morgan fingerprint density at radius 1 is 1.07 bits per heavy atom. The van der Waals surface area contributed by atoms with E-state index in [0.29, 0.717) is 29.4 Å². The summed E-state index contributed by atoms with van der Waals surface area (Å²) < 4.78 is 0. The number of anilines is 4. The second kappa shape index (κ2) is 12.2. The molecule has 1 aromatic heterocycles. The number of carbonyl (C=O) groups is 2. The fourth-order valence-electron chi connectivity index (χ4n) is 5.07. The third kappa shape index (κ3) is 6.51. The Balaban J connectivity index is 1.40. The van der Waals surface area contributed by atoms with Gasteiger partial charge in [0.05, 0.1) is 17.2 Å². The van der Waals surface area contributed by atoms with E-state index in [0.717, 1.165) is 53.9 Å². The molecule has 0 bridgehead atoms. The van der Waals surface area contributed by atoms with Crippen LogP contribution in [0.15, 0.2) is 79.5 Å². The molecule has 10 heteroatoms. The van der Waals surface area contributed by atoms with E-state index >= 15 is 0 Å². The number of nitrogens with two attached hydrogens (primary N) is 1. The average Bonchev–Trinajstić information content (AvgIpc) is 2.97. The van der Waals surface area contributed by atoms with Crippen molar-refractivity contribution in [2.75, 3.05) is 48.3 Å². The molecule has 10 nitrogen and oxygen atoms in total. The van der Waals surface area contributed by atoms with Crippen molar-refractivity contribution in [2.45, 2.75) is 13.0 Å². The number of aromatic nitrogens is 2. The lowest BCUT2D eigenvalue weighted by molar-refractivity contribution is -0.111. The number of nitrogens with zero attached hydrogens (tertiary/aromatic N) is 4. The van der Waals surface area contributed by atoms with E-state index in [1.54, 1.807) is 19.2 Å². The summed E-state index contributed by atoms with van der Waals surface area (Å²) in [5.74, 6) is -0.426. The monoisotopic (exact) mass is 551 g/mol. The lowest BCUT2D eigenvalue weighted by Gasteiger charge is -2.37. The van der Waals surface area contributed by atoms with Crippen LogP contribution in [-0.2, 0) is 4.79 Å². The molecule has 2 heterocycles. The molecule has 0 spiro atoms. The zero-order valence-electron chi connectivity index (χ0n) is 22.9. The first-order valence-corrected chi connectivity index (χ1v) is 13.5. The summed E-state index contributed by atoms with van der Waals surface area (Å²) in [6, 6.07) is 18.9. The second-order valence-corrected chi connectivity index (χ2v) is 10.1. The van der Waals surface area contributed by atoms with Crippen molar-refractivity contribution in [3.8, 4) is 11.1 Å². The van der Waals surface area contributed by atoms with Gasteiger partial charge in [0.25, 0.3) is 5.91 Å². The standard InChI is InChI=1S/C31H33N7O3/c1-3-28(40)34-23-8-4-6-21(16-23)25-9-5-7-22-18-33-31(36-29(22)25)35-24-10-11-27(26(17-24)30(32)41)38-14-12-37(13-15-38)19-20(2)39/h3-11,16-18,20,39H,1,12-15,19H2,2H3,(H2,32,41)(H,34,40)(H,33,35,36). The molecule has 0 saturated carbocycles. The fraction of sp³-hybridized carbons (Fsp3) is 0.226. The van der Waals surface area contributed by atoms with Crippen molar-refractivity contribution in [3.05, 3.63) is 85.1 Å². The first-order chi connectivity index (χ1) is 19.8. The van der Waals surface area contributed by atoms with Crippen molar-refractivity contribution in [1.82, 2.24) is 14.9 Å². The van der Waals surface area contributed by atoms with E-state index in [1.807, 2.05) is 54.6 Å². The van der Waals surface area contributed by atoms with Crippen LogP contribution in [0.25, 0.3) is 22.0 Å². The number of nitrogens with one attached hydrogen (secondary N) is 2. The van der Waals surface area contributed by atoms with Crippen LogP contribution in [-0.4, -0.2) is 70.6 Å². The lowest BCUT2D eigenvalue weighted by Crippen LogP contribution is -2.48. The van der Waals surface area contributed by atoms with Crippen molar-refractivity contribution in [3.63, 3.8) is 0 Å². The summed E-state index contributed by atoms with van der Waals surface area (Å²) in [7, 11) is 0. The van der Waals surface area contributed by atoms with Gasteiger partial charge in [0.1, 0.15) is 0 Å². The number of hydrogen-bond donors (Lipinski definition) is 4. The summed E-state index contributed by atoms with van der Waals surface area (Å²) in [6.45, 7) is 8.96. The number of aliphatic hydroxyl groups excluding tert-OH is 1. The van der Waals surface area contributed by atoms with Gasteiger partial charge in [-0.15, -0.1) is 0 Å². The van der Waals surface area contributed by atoms with Crippen LogP contribution in [0, 0.1) is 0 Å². The van der Waals surface area contributed by atoms with Gasteiger partial charge in [-0.2, -0.15) is 0 Å². The van der Waals surface area contributed by atoms with E-state index in [2.05, 4.69) is 32.0 Å². The molecule has 5 rings (SSSR count). The quantitative estimate of drug-likeness (QED) is 0.231. The summed E-state index contributed by atoms with van der Waals surface area (Å²) in [6.07, 6.45) is 2.59. The molecule has 1 aliphatic heterocycles. The number of carbonyl (C=O) groups excluding carboxylic acids is 2. The van der Waals surface area contributed by atoms with Crippen molar-refractivity contribution in [1.29, 1.82) is 0 Å². The Morgan fingerprint density at radius 2 is 1.85 bits per heavy atom. The fourth-order valence-corrected chi connectivity index (χ4v) is 5.07. The Morgan fingerprint density at radius 3 is 2.59 bits per heavy atom. The molecule has 1 atom stereocenters. The van der Waals surface area contributed by atoms with E-state index in [9.17, 15) is 14.7 Å². The molecule has 5 N–H and O–H groups in total. The van der Waals surface area contributed by atoms with Gasteiger partial charge in [-0.3, -0.25) is 14.5 Å². The first kappa shape index (κ1) is 27.8. The van der Waals surface area contributed by atoms with Gasteiger partial charge in [-0.25, -0.2) is 9.97 Å². The van der Waals surface area contributed by atoms with Crippen LogP contribution in [0.5, 0.6) is 0 Å². The Labute approximate surface area is 238 Å². The van der Waals surface area contributed by atoms with Gasteiger partial charge in [-0.1, -0.05) is 36.9 Å². The predicted octanol–water partition coefficient (Wildman–Crippen LogP) is 3.77. The summed E-state index contributed by atoms with van der Waals surface area (Å²) in [4.78, 5) is 37.8. The van der Waals surface area contributed by atoms with Crippen molar-refractivity contribution in [2.24, 2.45) is 5.73 Å². The average molecular weight is 552 g/mol. The van der Waals surface area contributed by atoms with Gasteiger partial charge < -0.3 is 26.4 Å². The molecule has 41 heavy (non-hydrogen) atoms. The minimum absolute atomic E-state index is 0.284.